The zero-order valence-electron chi connectivity index (χ0n) is 11.7. The molecule has 0 radical (unpaired) electrons. The topological polar surface area (TPSA) is 32.3 Å². The number of nitrogens with one attached hydrogen (secondary N) is 1. The molecule has 0 atom stereocenters. The van der Waals surface area contributed by atoms with E-state index in [0.717, 1.165) is 0 Å². The standard InChI is InChI=1S/C15H17FN2OS/c1-10(2)18(3)13-7-6-11(9-12(13)16)17-15(19)14-5-4-8-20-14/h4-10H,1-3H3,(H,17,19). The minimum Gasteiger partial charge on any atom is -0.370 e. The van der Waals surface area contributed by atoms with Gasteiger partial charge in [0.2, 0.25) is 0 Å². The Balaban J connectivity index is 2.15. The van der Waals surface area contributed by atoms with Crippen LogP contribution in [-0.4, -0.2) is 19.0 Å². The average molecular weight is 292 g/mol. The lowest BCUT2D eigenvalue weighted by molar-refractivity contribution is 0.103. The minimum absolute atomic E-state index is 0.205. The lowest BCUT2D eigenvalue weighted by atomic mass is 10.2. The Morgan fingerprint density at radius 2 is 2.10 bits per heavy atom. The first-order valence-electron chi connectivity index (χ1n) is 6.36. The van der Waals surface area contributed by atoms with E-state index >= 15 is 0 Å². The summed E-state index contributed by atoms with van der Waals surface area (Å²) in [6.45, 7) is 3.98. The van der Waals surface area contributed by atoms with Crippen LogP contribution in [0.5, 0.6) is 0 Å². The van der Waals surface area contributed by atoms with Gasteiger partial charge in [0.1, 0.15) is 5.82 Å². The third-order valence-electron chi connectivity index (χ3n) is 3.11. The zero-order valence-corrected chi connectivity index (χ0v) is 12.5. The van der Waals surface area contributed by atoms with Crippen molar-refractivity contribution in [1.29, 1.82) is 0 Å². The number of hydrogen-bond donors (Lipinski definition) is 1. The number of nitrogens with zero attached hydrogens (tertiary/aromatic N) is 1. The highest BCUT2D eigenvalue weighted by molar-refractivity contribution is 7.12. The Morgan fingerprint density at radius 3 is 2.65 bits per heavy atom. The summed E-state index contributed by atoms with van der Waals surface area (Å²) in [6.07, 6.45) is 0. The third kappa shape index (κ3) is 3.17. The Bertz CT molecular complexity index is 596. The van der Waals surface area contributed by atoms with Crippen molar-refractivity contribution < 1.29 is 9.18 Å². The molecule has 2 rings (SSSR count). The molecule has 106 valence electrons. The monoisotopic (exact) mass is 292 g/mol. The SMILES string of the molecule is CC(C)N(C)c1ccc(NC(=O)c2cccs2)cc1F. The van der Waals surface area contributed by atoms with Crippen molar-refractivity contribution in [2.45, 2.75) is 19.9 Å². The largest absolute Gasteiger partial charge is 0.370 e. The molecule has 0 aliphatic rings. The van der Waals surface area contributed by atoms with Crippen LogP contribution >= 0.6 is 11.3 Å². The first kappa shape index (κ1) is 14.5. The van der Waals surface area contributed by atoms with Crippen molar-refractivity contribution in [2.24, 2.45) is 0 Å². The molecule has 0 saturated carbocycles. The molecule has 0 aliphatic carbocycles. The Kier molecular flexibility index (Phi) is 4.39. The molecule has 1 aromatic heterocycles. The lowest BCUT2D eigenvalue weighted by Gasteiger charge is -2.24. The Hall–Kier alpha value is -1.88. The normalized spacial score (nSPS) is 10.7. The fourth-order valence-corrected chi connectivity index (χ4v) is 2.37. The van der Waals surface area contributed by atoms with E-state index in [1.807, 2.05) is 31.2 Å². The number of thiophene rings is 1. The molecule has 5 heteroatoms. The van der Waals surface area contributed by atoms with Crippen LogP contribution < -0.4 is 10.2 Å². The van der Waals surface area contributed by atoms with Crippen LogP contribution in [0.15, 0.2) is 35.7 Å². The maximum atomic E-state index is 14.1. The van der Waals surface area contributed by atoms with Gasteiger partial charge in [-0.3, -0.25) is 4.79 Å². The fourth-order valence-electron chi connectivity index (χ4n) is 1.75. The highest BCUT2D eigenvalue weighted by atomic mass is 32.1. The summed E-state index contributed by atoms with van der Waals surface area (Å²) in [5, 5.41) is 4.52. The van der Waals surface area contributed by atoms with Gasteiger partial charge < -0.3 is 10.2 Å². The van der Waals surface area contributed by atoms with Gasteiger partial charge in [-0.25, -0.2) is 4.39 Å². The van der Waals surface area contributed by atoms with Crippen LogP contribution in [0.2, 0.25) is 0 Å². The van der Waals surface area contributed by atoms with E-state index in [1.165, 1.54) is 17.4 Å². The van der Waals surface area contributed by atoms with Crippen LogP contribution in [0.4, 0.5) is 15.8 Å². The first-order valence-corrected chi connectivity index (χ1v) is 7.24. The van der Waals surface area contributed by atoms with Gasteiger partial charge >= 0.3 is 0 Å². The van der Waals surface area contributed by atoms with Crippen LogP contribution in [0.1, 0.15) is 23.5 Å². The minimum atomic E-state index is -0.342. The molecule has 1 amide bonds. The van der Waals surface area contributed by atoms with E-state index < -0.39 is 0 Å². The summed E-state index contributed by atoms with van der Waals surface area (Å²) in [6, 6.07) is 8.48. The number of carbonyl (C=O) groups excluding carboxylic acids is 1. The van der Waals surface area contributed by atoms with E-state index in [1.54, 1.807) is 24.3 Å². The molecular formula is C15H17FN2OS. The van der Waals surface area contributed by atoms with Crippen molar-refractivity contribution in [1.82, 2.24) is 0 Å². The van der Waals surface area contributed by atoms with E-state index in [-0.39, 0.29) is 17.8 Å². The molecule has 0 saturated heterocycles. The van der Waals surface area contributed by atoms with Gasteiger partial charge in [-0.15, -0.1) is 11.3 Å². The van der Waals surface area contributed by atoms with Gasteiger partial charge in [-0.1, -0.05) is 6.07 Å². The second kappa shape index (κ2) is 6.05. The smallest absolute Gasteiger partial charge is 0.265 e. The number of halogens is 1. The highest BCUT2D eigenvalue weighted by Gasteiger charge is 2.12. The number of carbonyl (C=O) groups is 1. The number of rotatable bonds is 4. The van der Waals surface area contributed by atoms with Gasteiger partial charge in [0, 0.05) is 18.8 Å². The second-order valence-corrected chi connectivity index (χ2v) is 5.75. The molecule has 2 aromatic rings. The van der Waals surface area contributed by atoms with Gasteiger partial charge in [0.25, 0.3) is 5.91 Å². The molecule has 1 aromatic carbocycles. The van der Waals surface area contributed by atoms with Crippen LogP contribution in [0, 0.1) is 5.82 Å². The molecule has 3 nitrogen and oxygen atoms in total. The predicted molar refractivity (Wildman–Crippen MR) is 82.2 cm³/mol. The second-order valence-electron chi connectivity index (χ2n) is 4.80. The van der Waals surface area contributed by atoms with Crippen LogP contribution in [-0.2, 0) is 0 Å². The first-order chi connectivity index (χ1) is 9.49. The maximum absolute atomic E-state index is 14.1. The molecule has 20 heavy (non-hydrogen) atoms. The number of benzene rings is 1. The van der Waals surface area contributed by atoms with Crippen molar-refractivity contribution in [3.05, 3.63) is 46.4 Å². The number of anilines is 2. The molecular weight excluding hydrogens is 275 g/mol. The van der Waals surface area contributed by atoms with Gasteiger partial charge in [-0.05, 0) is 43.5 Å². The summed E-state index contributed by atoms with van der Waals surface area (Å²) < 4.78 is 14.1. The zero-order chi connectivity index (χ0) is 14.7. The van der Waals surface area contributed by atoms with Crippen molar-refractivity contribution in [3.8, 4) is 0 Å². The van der Waals surface area contributed by atoms with E-state index in [9.17, 15) is 9.18 Å². The van der Waals surface area contributed by atoms with E-state index in [2.05, 4.69) is 5.32 Å². The average Bonchev–Trinajstić information content (AvgIpc) is 2.92. The van der Waals surface area contributed by atoms with E-state index in [4.69, 9.17) is 0 Å². The van der Waals surface area contributed by atoms with E-state index in [0.29, 0.717) is 16.3 Å². The molecule has 0 fully saturated rings. The van der Waals surface area contributed by atoms with Gasteiger partial charge in [0.05, 0.1) is 10.6 Å². The summed E-state index contributed by atoms with van der Waals surface area (Å²) >= 11 is 1.35. The maximum Gasteiger partial charge on any atom is 0.265 e. The van der Waals surface area contributed by atoms with Crippen molar-refractivity contribution >= 4 is 28.6 Å². The number of hydrogen-bond acceptors (Lipinski definition) is 3. The van der Waals surface area contributed by atoms with Crippen LogP contribution in [0.25, 0.3) is 0 Å². The molecule has 1 heterocycles. The highest BCUT2D eigenvalue weighted by Crippen LogP contribution is 2.24. The summed E-state index contributed by atoms with van der Waals surface area (Å²) in [7, 11) is 1.84. The molecule has 0 unspecified atom stereocenters. The third-order valence-corrected chi connectivity index (χ3v) is 3.97. The summed E-state index contributed by atoms with van der Waals surface area (Å²) in [4.78, 5) is 14.3. The Morgan fingerprint density at radius 1 is 1.35 bits per heavy atom. The Labute approximate surface area is 122 Å². The van der Waals surface area contributed by atoms with Crippen molar-refractivity contribution in [3.63, 3.8) is 0 Å². The van der Waals surface area contributed by atoms with Crippen molar-refractivity contribution in [2.75, 3.05) is 17.3 Å². The molecule has 0 spiro atoms. The van der Waals surface area contributed by atoms with Gasteiger partial charge in [0.15, 0.2) is 0 Å². The lowest BCUT2D eigenvalue weighted by Crippen LogP contribution is -2.26. The summed E-state index contributed by atoms with van der Waals surface area (Å²) in [5.41, 5.74) is 0.982. The quantitative estimate of drug-likeness (QED) is 0.924. The van der Waals surface area contributed by atoms with Crippen LogP contribution in [0.3, 0.4) is 0 Å². The molecule has 0 bridgehead atoms. The predicted octanol–water partition coefficient (Wildman–Crippen LogP) is 3.98. The van der Waals surface area contributed by atoms with Gasteiger partial charge in [-0.2, -0.15) is 0 Å². The fraction of sp³-hybridized carbons (Fsp3) is 0.267. The molecule has 1 N–H and O–H groups in total. The summed E-state index contributed by atoms with van der Waals surface area (Å²) in [5.74, 6) is -0.561. The molecule has 0 aliphatic heterocycles. The number of amides is 1.